The zero-order valence-electron chi connectivity index (χ0n) is 11.1. The van der Waals surface area contributed by atoms with Gasteiger partial charge in [0.2, 0.25) is 10.0 Å². The Bertz CT molecular complexity index is 522. The van der Waals surface area contributed by atoms with Gasteiger partial charge in [-0.25, -0.2) is 13.1 Å². The summed E-state index contributed by atoms with van der Waals surface area (Å²) in [4.78, 5) is 11.1. The van der Waals surface area contributed by atoms with Crippen molar-refractivity contribution in [3.63, 3.8) is 0 Å². The maximum Gasteiger partial charge on any atom is 0.307 e. The van der Waals surface area contributed by atoms with E-state index in [1.165, 1.54) is 12.1 Å². The summed E-state index contributed by atoms with van der Waals surface area (Å²) in [6, 6.07) is 6.42. The number of nitrogens with one attached hydrogen (secondary N) is 1. The van der Waals surface area contributed by atoms with E-state index in [0.717, 1.165) is 5.56 Å². The van der Waals surface area contributed by atoms with Crippen molar-refractivity contribution in [1.29, 1.82) is 0 Å². The highest BCUT2D eigenvalue weighted by molar-refractivity contribution is 7.89. The minimum atomic E-state index is -3.64. The largest absolute Gasteiger partial charge is 0.481 e. The number of sulfonamides is 1. The quantitative estimate of drug-likeness (QED) is 0.799. The Morgan fingerprint density at radius 3 is 2.37 bits per heavy atom. The number of aryl methyl sites for hydroxylation is 1. The summed E-state index contributed by atoms with van der Waals surface area (Å²) in [6.45, 7) is 3.65. The zero-order valence-corrected chi connectivity index (χ0v) is 11.9. The van der Waals surface area contributed by atoms with Gasteiger partial charge in [-0.3, -0.25) is 4.79 Å². The smallest absolute Gasteiger partial charge is 0.307 e. The van der Waals surface area contributed by atoms with Crippen molar-refractivity contribution in [3.05, 3.63) is 29.8 Å². The lowest BCUT2D eigenvalue weighted by Gasteiger charge is -2.12. The van der Waals surface area contributed by atoms with Crippen LogP contribution in [0, 0.1) is 12.8 Å². The molecule has 0 heterocycles. The molecule has 5 nitrogen and oxygen atoms in total. The van der Waals surface area contributed by atoms with Crippen LogP contribution in [0.2, 0.25) is 0 Å². The highest BCUT2D eigenvalue weighted by atomic mass is 32.2. The van der Waals surface area contributed by atoms with Crippen molar-refractivity contribution >= 4 is 16.0 Å². The molecule has 0 radical (unpaired) electrons. The Labute approximate surface area is 113 Å². The molecule has 0 aliphatic rings. The van der Waals surface area contributed by atoms with Gasteiger partial charge in [-0.1, -0.05) is 31.0 Å². The number of carboxylic acid groups (broad SMARTS) is 1. The summed E-state index contributed by atoms with van der Waals surface area (Å²) < 4.78 is 26.3. The van der Waals surface area contributed by atoms with Crippen LogP contribution in [0.25, 0.3) is 0 Å². The summed E-state index contributed by atoms with van der Waals surface area (Å²) >= 11 is 0. The molecule has 1 unspecified atom stereocenters. The van der Waals surface area contributed by atoms with E-state index < -0.39 is 21.9 Å². The van der Waals surface area contributed by atoms with E-state index in [1.807, 2.05) is 13.8 Å². The molecule has 1 aromatic carbocycles. The second-order valence-electron chi connectivity index (χ2n) is 4.49. The lowest BCUT2D eigenvalue weighted by Crippen LogP contribution is -2.32. The second-order valence-corrected chi connectivity index (χ2v) is 6.26. The molecule has 106 valence electrons. The third-order valence-electron chi connectivity index (χ3n) is 2.84. The average molecular weight is 285 g/mol. The van der Waals surface area contributed by atoms with E-state index in [4.69, 9.17) is 5.11 Å². The first kappa shape index (κ1) is 15.7. The first-order valence-corrected chi connectivity index (χ1v) is 7.64. The third-order valence-corrected chi connectivity index (χ3v) is 4.28. The second kappa shape index (κ2) is 6.68. The molecular formula is C13H19NO4S. The highest BCUT2D eigenvalue weighted by Crippen LogP contribution is 2.11. The van der Waals surface area contributed by atoms with Crippen LogP contribution < -0.4 is 4.72 Å². The summed E-state index contributed by atoms with van der Waals surface area (Å²) in [5, 5.41) is 8.97. The first-order valence-electron chi connectivity index (χ1n) is 6.16. The first-order chi connectivity index (χ1) is 8.86. The molecule has 1 aromatic rings. The van der Waals surface area contributed by atoms with Gasteiger partial charge in [0, 0.05) is 6.54 Å². The van der Waals surface area contributed by atoms with Gasteiger partial charge in [-0.05, 0) is 25.5 Å². The number of carbonyl (C=O) groups is 1. The van der Waals surface area contributed by atoms with Crippen molar-refractivity contribution < 1.29 is 18.3 Å². The van der Waals surface area contributed by atoms with Crippen molar-refractivity contribution in [3.8, 4) is 0 Å². The Kier molecular flexibility index (Phi) is 5.50. The highest BCUT2D eigenvalue weighted by Gasteiger charge is 2.20. The van der Waals surface area contributed by atoms with Crippen LogP contribution in [0.4, 0.5) is 0 Å². The molecule has 1 atom stereocenters. The van der Waals surface area contributed by atoms with Gasteiger partial charge in [0.1, 0.15) is 0 Å². The SMILES string of the molecule is CCCC(CNS(=O)(=O)c1ccc(C)cc1)C(=O)O. The fourth-order valence-corrected chi connectivity index (χ4v) is 2.75. The Hall–Kier alpha value is -1.40. The van der Waals surface area contributed by atoms with E-state index in [9.17, 15) is 13.2 Å². The maximum absolute atomic E-state index is 12.0. The van der Waals surface area contributed by atoms with Crippen LogP contribution in [0.3, 0.4) is 0 Å². The summed E-state index contributed by atoms with van der Waals surface area (Å²) in [5.74, 6) is -1.67. The van der Waals surface area contributed by atoms with Crippen LogP contribution in [0.15, 0.2) is 29.2 Å². The predicted octanol–water partition coefficient (Wildman–Crippen LogP) is 1.77. The van der Waals surface area contributed by atoms with Crippen molar-refractivity contribution in [2.24, 2.45) is 5.92 Å². The summed E-state index contributed by atoms with van der Waals surface area (Å²) in [6.07, 6.45) is 1.15. The number of rotatable bonds is 7. The topological polar surface area (TPSA) is 83.5 Å². The summed E-state index contributed by atoms with van der Waals surface area (Å²) in [7, 11) is -3.64. The van der Waals surface area contributed by atoms with E-state index in [2.05, 4.69) is 4.72 Å². The molecule has 0 fully saturated rings. The normalized spacial score (nSPS) is 13.2. The van der Waals surface area contributed by atoms with Gasteiger partial charge in [-0.2, -0.15) is 0 Å². The molecule has 0 spiro atoms. The number of carboxylic acids is 1. The standard InChI is InChI=1S/C13H19NO4S/c1-3-4-11(13(15)16)9-14-19(17,18)12-7-5-10(2)6-8-12/h5-8,11,14H,3-4,9H2,1-2H3,(H,15,16). The molecule has 0 amide bonds. The molecule has 0 saturated heterocycles. The average Bonchev–Trinajstić information content (AvgIpc) is 2.34. The van der Waals surface area contributed by atoms with Crippen LogP contribution in [0.5, 0.6) is 0 Å². The molecule has 0 saturated carbocycles. The Morgan fingerprint density at radius 2 is 1.89 bits per heavy atom. The van der Waals surface area contributed by atoms with Gasteiger partial charge in [0.05, 0.1) is 10.8 Å². The molecule has 2 N–H and O–H groups in total. The van der Waals surface area contributed by atoms with E-state index >= 15 is 0 Å². The third kappa shape index (κ3) is 4.65. The van der Waals surface area contributed by atoms with Crippen molar-refractivity contribution in [2.45, 2.75) is 31.6 Å². The van der Waals surface area contributed by atoms with Crippen LogP contribution in [0.1, 0.15) is 25.3 Å². The lowest BCUT2D eigenvalue weighted by molar-refractivity contribution is -0.141. The molecule has 0 aromatic heterocycles. The number of benzene rings is 1. The maximum atomic E-state index is 12.0. The Morgan fingerprint density at radius 1 is 1.32 bits per heavy atom. The molecule has 19 heavy (non-hydrogen) atoms. The summed E-state index contributed by atoms with van der Waals surface area (Å²) in [5.41, 5.74) is 0.966. The van der Waals surface area contributed by atoms with Crippen LogP contribution in [-0.4, -0.2) is 26.0 Å². The minimum Gasteiger partial charge on any atom is -0.481 e. The lowest BCUT2D eigenvalue weighted by atomic mass is 10.1. The number of hydrogen-bond acceptors (Lipinski definition) is 3. The zero-order chi connectivity index (χ0) is 14.5. The molecule has 6 heteroatoms. The molecule has 0 aliphatic carbocycles. The molecule has 0 bridgehead atoms. The van der Waals surface area contributed by atoms with Crippen LogP contribution in [-0.2, 0) is 14.8 Å². The van der Waals surface area contributed by atoms with Gasteiger partial charge >= 0.3 is 5.97 Å². The monoisotopic (exact) mass is 285 g/mol. The van der Waals surface area contributed by atoms with E-state index in [1.54, 1.807) is 12.1 Å². The Balaban J connectivity index is 2.74. The van der Waals surface area contributed by atoms with Crippen molar-refractivity contribution in [2.75, 3.05) is 6.54 Å². The van der Waals surface area contributed by atoms with E-state index in [0.29, 0.717) is 12.8 Å². The minimum absolute atomic E-state index is 0.0839. The molecule has 1 rings (SSSR count). The van der Waals surface area contributed by atoms with Crippen LogP contribution >= 0.6 is 0 Å². The van der Waals surface area contributed by atoms with Gasteiger partial charge in [0.15, 0.2) is 0 Å². The van der Waals surface area contributed by atoms with Gasteiger partial charge in [0.25, 0.3) is 0 Å². The van der Waals surface area contributed by atoms with Crippen molar-refractivity contribution in [1.82, 2.24) is 4.72 Å². The van der Waals surface area contributed by atoms with E-state index in [-0.39, 0.29) is 11.4 Å². The van der Waals surface area contributed by atoms with Gasteiger partial charge in [-0.15, -0.1) is 0 Å². The number of aliphatic carboxylic acids is 1. The molecular weight excluding hydrogens is 266 g/mol. The van der Waals surface area contributed by atoms with Gasteiger partial charge < -0.3 is 5.11 Å². The number of hydrogen-bond donors (Lipinski definition) is 2. The fourth-order valence-electron chi connectivity index (χ4n) is 1.67. The predicted molar refractivity (Wildman–Crippen MR) is 72.4 cm³/mol. The molecule has 0 aliphatic heterocycles. The fraction of sp³-hybridized carbons (Fsp3) is 0.462.